The Morgan fingerprint density at radius 3 is 2.92 bits per heavy atom. The maximum Gasteiger partial charge on any atom is 0.406 e. The van der Waals surface area contributed by atoms with Crippen LogP contribution in [0.15, 0.2) is 12.4 Å². The summed E-state index contributed by atoms with van der Waals surface area (Å²) in [6, 6.07) is 0.108. The Balaban J connectivity index is 1.96. The first kappa shape index (κ1) is 18.7. The highest BCUT2D eigenvalue weighted by atomic mass is 19.4. The molecule has 3 N–H and O–H groups in total. The second kappa shape index (κ2) is 8.48. The molecule has 0 radical (unpaired) electrons. The molecule has 1 unspecified atom stereocenters. The van der Waals surface area contributed by atoms with Crippen molar-refractivity contribution in [3.8, 4) is 0 Å². The maximum absolute atomic E-state index is 12.6. The van der Waals surface area contributed by atoms with Crippen LogP contribution >= 0.6 is 0 Å². The van der Waals surface area contributed by atoms with Crippen LogP contribution in [0.3, 0.4) is 0 Å². The Morgan fingerprint density at radius 1 is 1.42 bits per heavy atom. The van der Waals surface area contributed by atoms with E-state index in [1.807, 2.05) is 0 Å². The lowest BCUT2D eigenvalue weighted by Gasteiger charge is -2.35. The summed E-state index contributed by atoms with van der Waals surface area (Å²) < 4.78 is 39.0. The number of nitrogens with two attached hydrogens (primary N) is 1. The molecule has 1 amide bonds. The minimum atomic E-state index is -4.27. The molecular formula is C15H24F3N5O. The average Bonchev–Trinajstić information content (AvgIpc) is 2.92. The number of halogens is 3. The van der Waals surface area contributed by atoms with Crippen LogP contribution in [0.1, 0.15) is 31.5 Å². The van der Waals surface area contributed by atoms with Crippen molar-refractivity contribution >= 4 is 5.91 Å². The molecule has 1 aliphatic heterocycles. The molecular weight excluding hydrogens is 323 g/mol. The first-order chi connectivity index (χ1) is 11.4. The molecule has 0 aliphatic carbocycles. The van der Waals surface area contributed by atoms with Gasteiger partial charge in [0.2, 0.25) is 5.91 Å². The monoisotopic (exact) mass is 347 g/mol. The number of hydrogen-bond donors (Lipinski definition) is 2. The number of amides is 1. The van der Waals surface area contributed by atoms with Gasteiger partial charge in [0.05, 0.1) is 6.54 Å². The van der Waals surface area contributed by atoms with E-state index in [0.717, 1.165) is 30.4 Å². The number of nitrogens with one attached hydrogen (secondary N) is 1. The number of likely N-dealkylation sites (tertiary alicyclic amines) is 1. The summed E-state index contributed by atoms with van der Waals surface area (Å²) >= 11 is 0. The number of carbonyl (C=O) groups excluding carboxylic acids is 1. The van der Waals surface area contributed by atoms with Crippen LogP contribution in [0.2, 0.25) is 0 Å². The van der Waals surface area contributed by atoms with Gasteiger partial charge in [-0.15, -0.1) is 0 Å². The molecule has 0 spiro atoms. The van der Waals surface area contributed by atoms with E-state index in [0.29, 0.717) is 25.5 Å². The van der Waals surface area contributed by atoms with E-state index in [2.05, 4.69) is 15.2 Å². The third-order valence-electron chi connectivity index (χ3n) is 4.15. The summed E-state index contributed by atoms with van der Waals surface area (Å²) in [5, 5.41) is 2.85. The van der Waals surface area contributed by atoms with Gasteiger partial charge in [0.1, 0.15) is 12.4 Å². The molecule has 9 heteroatoms. The van der Waals surface area contributed by atoms with Crippen molar-refractivity contribution in [2.24, 2.45) is 5.73 Å². The third-order valence-corrected chi connectivity index (χ3v) is 4.15. The van der Waals surface area contributed by atoms with E-state index in [1.54, 1.807) is 0 Å². The fraction of sp³-hybridized carbons (Fsp3) is 0.733. The van der Waals surface area contributed by atoms with Gasteiger partial charge in [0.25, 0.3) is 0 Å². The van der Waals surface area contributed by atoms with Gasteiger partial charge in [-0.25, -0.2) is 4.98 Å². The van der Waals surface area contributed by atoms with Crippen molar-refractivity contribution in [3.63, 3.8) is 0 Å². The number of hydrogen-bond acceptors (Lipinski definition) is 4. The summed E-state index contributed by atoms with van der Waals surface area (Å²) in [5.41, 5.74) is 5.35. The lowest BCUT2D eigenvalue weighted by atomic mass is 10.0. The van der Waals surface area contributed by atoms with E-state index in [9.17, 15) is 18.0 Å². The Morgan fingerprint density at radius 2 is 2.21 bits per heavy atom. The molecule has 1 aromatic heterocycles. The highest BCUT2D eigenvalue weighted by molar-refractivity contribution is 5.76. The summed E-state index contributed by atoms with van der Waals surface area (Å²) in [5.74, 6) is 0.300. The molecule has 2 rings (SSSR count). The predicted octanol–water partition coefficient (Wildman–Crippen LogP) is 1.26. The molecule has 0 saturated carbocycles. The molecule has 1 fully saturated rings. The predicted molar refractivity (Wildman–Crippen MR) is 83.0 cm³/mol. The van der Waals surface area contributed by atoms with Gasteiger partial charge in [-0.05, 0) is 19.4 Å². The lowest BCUT2D eigenvalue weighted by Crippen LogP contribution is -2.46. The number of carbonyl (C=O) groups is 1. The summed E-state index contributed by atoms with van der Waals surface area (Å²) in [6.45, 7) is 0.888. The Bertz CT molecular complexity index is 531. The third kappa shape index (κ3) is 5.79. The summed E-state index contributed by atoms with van der Waals surface area (Å²) in [6.07, 6.45) is 1.70. The second-order valence-electron chi connectivity index (χ2n) is 6.05. The van der Waals surface area contributed by atoms with Gasteiger partial charge in [-0.1, -0.05) is 6.42 Å². The fourth-order valence-corrected chi connectivity index (χ4v) is 2.96. The quantitative estimate of drug-likeness (QED) is 0.779. The number of imidazole rings is 1. The van der Waals surface area contributed by atoms with Gasteiger partial charge < -0.3 is 15.6 Å². The SMILES string of the molecule is NCCC(=O)NCC1CCCCN1Cc1nccn1CC(F)(F)F. The molecule has 0 bridgehead atoms. The van der Waals surface area contributed by atoms with Crippen LogP contribution < -0.4 is 11.1 Å². The van der Waals surface area contributed by atoms with E-state index in [4.69, 9.17) is 5.73 Å². The van der Waals surface area contributed by atoms with Crippen LogP contribution in [0.5, 0.6) is 0 Å². The van der Waals surface area contributed by atoms with E-state index >= 15 is 0 Å². The topological polar surface area (TPSA) is 76.2 Å². The minimum Gasteiger partial charge on any atom is -0.354 e. The molecule has 1 atom stereocenters. The van der Waals surface area contributed by atoms with Crippen LogP contribution in [0.25, 0.3) is 0 Å². The first-order valence-corrected chi connectivity index (χ1v) is 8.16. The number of nitrogens with zero attached hydrogens (tertiary/aromatic N) is 3. The highest BCUT2D eigenvalue weighted by Gasteiger charge is 2.30. The van der Waals surface area contributed by atoms with Crippen LogP contribution in [0.4, 0.5) is 13.2 Å². The minimum absolute atomic E-state index is 0.0957. The zero-order chi connectivity index (χ0) is 17.6. The molecule has 0 aromatic carbocycles. The standard InChI is InChI=1S/C15H24F3N5O/c16-15(17,18)11-23-8-6-20-13(23)10-22-7-2-1-3-12(22)9-21-14(24)4-5-19/h6,8,12H,1-5,7,9-11,19H2,(H,21,24). The Hall–Kier alpha value is -1.61. The van der Waals surface area contributed by atoms with Crippen LogP contribution in [-0.2, 0) is 17.9 Å². The Kier molecular flexibility index (Phi) is 6.61. The molecule has 1 aliphatic rings. The second-order valence-corrected chi connectivity index (χ2v) is 6.05. The molecule has 24 heavy (non-hydrogen) atoms. The van der Waals surface area contributed by atoms with Crippen molar-refractivity contribution in [1.82, 2.24) is 19.8 Å². The number of aromatic nitrogens is 2. The van der Waals surface area contributed by atoms with Gasteiger partial charge in [-0.2, -0.15) is 13.2 Å². The zero-order valence-corrected chi connectivity index (χ0v) is 13.6. The van der Waals surface area contributed by atoms with E-state index < -0.39 is 12.7 Å². The highest BCUT2D eigenvalue weighted by Crippen LogP contribution is 2.21. The first-order valence-electron chi connectivity index (χ1n) is 8.16. The van der Waals surface area contributed by atoms with Crippen molar-refractivity contribution in [3.05, 3.63) is 18.2 Å². The van der Waals surface area contributed by atoms with Gasteiger partial charge >= 0.3 is 6.18 Å². The summed E-state index contributed by atoms with van der Waals surface area (Å²) in [7, 11) is 0. The largest absolute Gasteiger partial charge is 0.406 e. The molecule has 2 heterocycles. The Labute approximate surface area is 139 Å². The maximum atomic E-state index is 12.6. The number of piperidine rings is 1. The van der Waals surface area contributed by atoms with E-state index in [-0.39, 0.29) is 18.4 Å². The fourth-order valence-electron chi connectivity index (χ4n) is 2.96. The van der Waals surface area contributed by atoms with Gasteiger partial charge in [0, 0.05) is 37.9 Å². The van der Waals surface area contributed by atoms with Crippen molar-refractivity contribution in [2.45, 2.75) is 51.0 Å². The van der Waals surface area contributed by atoms with Crippen molar-refractivity contribution in [2.75, 3.05) is 19.6 Å². The molecule has 136 valence electrons. The normalized spacial score (nSPS) is 19.4. The van der Waals surface area contributed by atoms with Crippen LogP contribution in [0, 0.1) is 0 Å². The zero-order valence-electron chi connectivity index (χ0n) is 13.6. The molecule has 1 aromatic rings. The van der Waals surface area contributed by atoms with Gasteiger partial charge in [0.15, 0.2) is 0 Å². The number of alkyl halides is 3. The van der Waals surface area contributed by atoms with Gasteiger partial charge in [-0.3, -0.25) is 9.69 Å². The van der Waals surface area contributed by atoms with Crippen molar-refractivity contribution in [1.29, 1.82) is 0 Å². The van der Waals surface area contributed by atoms with E-state index in [1.165, 1.54) is 12.4 Å². The lowest BCUT2D eigenvalue weighted by molar-refractivity contribution is -0.141. The molecule has 6 nitrogen and oxygen atoms in total. The summed E-state index contributed by atoms with van der Waals surface area (Å²) in [4.78, 5) is 17.7. The average molecular weight is 347 g/mol. The number of rotatable bonds is 7. The molecule has 1 saturated heterocycles. The van der Waals surface area contributed by atoms with Crippen LogP contribution in [-0.4, -0.2) is 52.2 Å². The van der Waals surface area contributed by atoms with Crippen molar-refractivity contribution < 1.29 is 18.0 Å². The smallest absolute Gasteiger partial charge is 0.354 e.